The topological polar surface area (TPSA) is 75.6 Å². The van der Waals surface area contributed by atoms with E-state index in [9.17, 15) is 9.59 Å². The van der Waals surface area contributed by atoms with E-state index < -0.39 is 11.9 Å². The standard InChI is InChI=1S/C14H12ClNO4S/c1-20-14(19)8-2-3-11(15)12(5-8)16-6-10-4-9(7-21-10)13(17)18/h2-5,7,16H,6H2,1H3,(H,17,18). The zero-order chi connectivity index (χ0) is 15.4. The van der Waals surface area contributed by atoms with Crippen LogP contribution in [0.5, 0.6) is 0 Å². The van der Waals surface area contributed by atoms with E-state index in [1.165, 1.54) is 18.4 Å². The average molecular weight is 326 g/mol. The van der Waals surface area contributed by atoms with Crippen molar-refractivity contribution in [3.63, 3.8) is 0 Å². The van der Waals surface area contributed by atoms with Crippen LogP contribution >= 0.6 is 22.9 Å². The minimum absolute atomic E-state index is 0.256. The summed E-state index contributed by atoms with van der Waals surface area (Å²) in [5.74, 6) is -1.40. The molecule has 0 saturated carbocycles. The van der Waals surface area contributed by atoms with Crippen molar-refractivity contribution >= 4 is 40.6 Å². The van der Waals surface area contributed by atoms with E-state index >= 15 is 0 Å². The Morgan fingerprint density at radius 2 is 2.10 bits per heavy atom. The van der Waals surface area contributed by atoms with Crippen molar-refractivity contribution in [1.82, 2.24) is 0 Å². The molecular formula is C14H12ClNO4S. The summed E-state index contributed by atoms with van der Waals surface area (Å²) in [6, 6.07) is 6.37. The number of aromatic carboxylic acids is 1. The molecule has 7 heteroatoms. The van der Waals surface area contributed by atoms with Crippen LogP contribution in [0.2, 0.25) is 5.02 Å². The predicted octanol–water partition coefficient (Wildman–Crippen LogP) is 3.50. The lowest BCUT2D eigenvalue weighted by molar-refractivity contribution is 0.0600. The van der Waals surface area contributed by atoms with Gasteiger partial charge in [-0.05, 0) is 24.3 Å². The molecule has 0 saturated heterocycles. The van der Waals surface area contributed by atoms with Crippen molar-refractivity contribution < 1.29 is 19.4 Å². The van der Waals surface area contributed by atoms with E-state index in [1.54, 1.807) is 29.6 Å². The number of rotatable bonds is 5. The second-order valence-electron chi connectivity index (χ2n) is 4.15. The van der Waals surface area contributed by atoms with Crippen LogP contribution in [0.25, 0.3) is 0 Å². The maximum Gasteiger partial charge on any atom is 0.337 e. The molecule has 1 aromatic carbocycles. The Balaban J connectivity index is 2.11. The lowest BCUT2D eigenvalue weighted by Crippen LogP contribution is -2.04. The Bertz CT molecular complexity index is 683. The zero-order valence-electron chi connectivity index (χ0n) is 11.1. The molecule has 1 heterocycles. The molecular weight excluding hydrogens is 314 g/mol. The highest BCUT2D eigenvalue weighted by atomic mass is 35.5. The van der Waals surface area contributed by atoms with Crippen molar-refractivity contribution in [3.05, 3.63) is 50.7 Å². The fourth-order valence-corrected chi connectivity index (χ4v) is 2.66. The molecule has 21 heavy (non-hydrogen) atoms. The van der Waals surface area contributed by atoms with Crippen LogP contribution in [0.15, 0.2) is 29.6 Å². The molecule has 0 aliphatic carbocycles. The van der Waals surface area contributed by atoms with Crippen molar-refractivity contribution in [3.8, 4) is 0 Å². The van der Waals surface area contributed by atoms with E-state index in [2.05, 4.69) is 10.1 Å². The van der Waals surface area contributed by atoms with Gasteiger partial charge in [0.25, 0.3) is 0 Å². The van der Waals surface area contributed by atoms with Gasteiger partial charge in [0.05, 0.1) is 28.9 Å². The van der Waals surface area contributed by atoms with Gasteiger partial charge in [-0.2, -0.15) is 0 Å². The Labute approximate surface area is 130 Å². The Kier molecular flexibility index (Phi) is 4.82. The number of thiophene rings is 1. The molecule has 0 atom stereocenters. The molecule has 0 spiro atoms. The fourth-order valence-electron chi connectivity index (χ4n) is 1.67. The first kappa shape index (κ1) is 15.3. The highest BCUT2D eigenvalue weighted by Gasteiger charge is 2.10. The summed E-state index contributed by atoms with van der Waals surface area (Å²) in [4.78, 5) is 23.1. The van der Waals surface area contributed by atoms with Crippen molar-refractivity contribution in [2.24, 2.45) is 0 Å². The largest absolute Gasteiger partial charge is 0.478 e. The number of ether oxygens (including phenoxy) is 1. The highest BCUT2D eigenvalue weighted by Crippen LogP contribution is 2.25. The Morgan fingerprint density at radius 3 is 2.71 bits per heavy atom. The van der Waals surface area contributed by atoms with Gasteiger partial charge in [-0.25, -0.2) is 9.59 Å². The normalized spacial score (nSPS) is 10.2. The SMILES string of the molecule is COC(=O)c1ccc(Cl)c(NCc2cc(C(=O)O)cs2)c1. The van der Waals surface area contributed by atoms with Crippen LogP contribution in [0.1, 0.15) is 25.6 Å². The summed E-state index contributed by atoms with van der Waals surface area (Å²) in [5.41, 5.74) is 1.23. The van der Waals surface area contributed by atoms with Gasteiger partial charge in [0, 0.05) is 16.8 Å². The summed E-state index contributed by atoms with van der Waals surface area (Å²) >= 11 is 7.40. The first-order chi connectivity index (χ1) is 10.0. The second-order valence-corrected chi connectivity index (χ2v) is 5.55. The van der Waals surface area contributed by atoms with Crippen LogP contribution in [0, 0.1) is 0 Å². The highest BCUT2D eigenvalue weighted by molar-refractivity contribution is 7.10. The molecule has 0 amide bonds. The van der Waals surface area contributed by atoms with E-state index in [0.29, 0.717) is 22.8 Å². The fraction of sp³-hybridized carbons (Fsp3) is 0.143. The molecule has 0 aliphatic heterocycles. The molecule has 2 rings (SSSR count). The number of esters is 1. The lowest BCUT2D eigenvalue weighted by Gasteiger charge is -2.09. The maximum atomic E-state index is 11.5. The monoisotopic (exact) mass is 325 g/mol. The number of carboxylic acids is 1. The molecule has 110 valence electrons. The van der Waals surface area contributed by atoms with Gasteiger partial charge >= 0.3 is 11.9 Å². The number of carbonyl (C=O) groups excluding carboxylic acids is 1. The summed E-state index contributed by atoms with van der Waals surface area (Å²) in [6.45, 7) is 0.419. The number of halogens is 1. The minimum atomic E-state index is -0.955. The third kappa shape index (κ3) is 3.74. The molecule has 2 N–H and O–H groups in total. The molecule has 2 aromatic rings. The van der Waals surface area contributed by atoms with Crippen LogP contribution < -0.4 is 5.32 Å². The number of anilines is 1. The second kappa shape index (κ2) is 6.60. The van der Waals surface area contributed by atoms with E-state index in [-0.39, 0.29) is 5.56 Å². The third-order valence-electron chi connectivity index (χ3n) is 2.74. The number of nitrogens with one attached hydrogen (secondary N) is 1. The van der Waals surface area contributed by atoms with Crippen molar-refractivity contribution in [1.29, 1.82) is 0 Å². The molecule has 0 aliphatic rings. The van der Waals surface area contributed by atoms with E-state index in [0.717, 1.165) is 4.88 Å². The first-order valence-electron chi connectivity index (χ1n) is 5.93. The quantitative estimate of drug-likeness (QED) is 0.823. The minimum Gasteiger partial charge on any atom is -0.478 e. The molecule has 5 nitrogen and oxygen atoms in total. The summed E-state index contributed by atoms with van der Waals surface area (Å²) in [5, 5.41) is 14.0. The third-order valence-corrected chi connectivity index (χ3v) is 4.01. The first-order valence-corrected chi connectivity index (χ1v) is 7.19. The van der Waals surface area contributed by atoms with Crippen LogP contribution in [0.4, 0.5) is 5.69 Å². The average Bonchev–Trinajstić information content (AvgIpc) is 2.94. The summed E-state index contributed by atoms with van der Waals surface area (Å²) < 4.78 is 4.65. The lowest BCUT2D eigenvalue weighted by atomic mass is 10.2. The van der Waals surface area contributed by atoms with Crippen LogP contribution in [-0.2, 0) is 11.3 Å². The number of benzene rings is 1. The summed E-state index contributed by atoms with van der Waals surface area (Å²) in [7, 11) is 1.31. The van der Waals surface area contributed by atoms with Gasteiger partial charge in [-0.3, -0.25) is 0 Å². The Morgan fingerprint density at radius 1 is 1.33 bits per heavy atom. The van der Waals surface area contributed by atoms with Gasteiger partial charge in [-0.1, -0.05) is 11.6 Å². The molecule has 0 radical (unpaired) electrons. The van der Waals surface area contributed by atoms with Gasteiger partial charge in [0.15, 0.2) is 0 Å². The maximum absolute atomic E-state index is 11.5. The molecule has 0 bridgehead atoms. The number of methoxy groups -OCH3 is 1. The van der Waals surface area contributed by atoms with Gasteiger partial charge in [0.1, 0.15) is 0 Å². The number of hydrogen-bond acceptors (Lipinski definition) is 5. The van der Waals surface area contributed by atoms with Crippen LogP contribution in [0.3, 0.4) is 0 Å². The predicted molar refractivity (Wildman–Crippen MR) is 81.4 cm³/mol. The molecule has 0 fully saturated rings. The van der Waals surface area contributed by atoms with E-state index in [4.69, 9.17) is 16.7 Å². The zero-order valence-corrected chi connectivity index (χ0v) is 12.6. The van der Waals surface area contributed by atoms with Gasteiger partial charge in [0.2, 0.25) is 0 Å². The summed E-state index contributed by atoms with van der Waals surface area (Å²) in [6.07, 6.45) is 0. The van der Waals surface area contributed by atoms with Gasteiger partial charge < -0.3 is 15.2 Å². The van der Waals surface area contributed by atoms with Crippen molar-refractivity contribution in [2.45, 2.75) is 6.54 Å². The number of carbonyl (C=O) groups is 2. The molecule has 1 aromatic heterocycles. The van der Waals surface area contributed by atoms with Gasteiger partial charge in [-0.15, -0.1) is 11.3 Å². The smallest absolute Gasteiger partial charge is 0.337 e. The van der Waals surface area contributed by atoms with Crippen molar-refractivity contribution in [2.75, 3.05) is 12.4 Å². The van der Waals surface area contributed by atoms with Crippen LogP contribution in [-0.4, -0.2) is 24.2 Å². The number of hydrogen-bond donors (Lipinski definition) is 2. The van der Waals surface area contributed by atoms with E-state index in [1.807, 2.05) is 0 Å². The number of carboxylic acid groups (broad SMARTS) is 1. The Hall–Kier alpha value is -2.05. The molecule has 0 unspecified atom stereocenters.